The fourth-order valence-corrected chi connectivity index (χ4v) is 5.49. The van der Waals surface area contributed by atoms with Crippen molar-refractivity contribution in [3.8, 4) is 0 Å². The van der Waals surface area contributed by atoms with Crippen molar-refractivity contribution in [3.05, 3.63) is 34.3 Å². The van der Waals surface area contributed by atoms with E-state index in [4.69, 9.17) is 27.0 Å². The Bertz CT molecular complexity index is 783. The molecule has 7 unspecified atom stereocenters. The van der Waals surface area contributed by atoms with Crippen LogP contribution < -0.4 is 21.2 Å². The van der Waals surface area contributed by atoms with Crippen molar-refractivity contribution in [3.63, 3.8) is 0 Å². The number of carbonyl (C=O) groups is 2. The second-order valence-electron chi connectivity index (χ2n) is 7.95. The summed E-state index contributed by atoms with van der Waals surface area (Å²) in [7, 11) is 0. The molecule has 5 N–H and O–H groups in total. The fraction of sp³-hybridized carbons (Fsp3) is 0.600. The summed E-state index contributed by atoms with van der Waals surface area (Å²) < 4.78 is 13.5. The first-order valence-electron chi connectivity index (χ1n) is 10.2. The van der Waals surface area contributed by atoms with Crippen LogP contribution in [0.25, 0.3) is 0 Å². The van der Waals surface area contributed by atoms with E-state index in [-0.39, 0.29) is 35.9 Å². The average Bonchev–Trinajstić information content (AvgIpc) is 3.42. The zero-order valence-corrected chi connectivity index (χ0v) is 18.7. The van der Waals surface area contributed by atoms with Crippen molar-refractivity contribution in [2.24, 2.45) is 29.4 Å². The molecule has 7 atom stereocenters. The zero-order chi connectivity index (χ0) is 21.3. The van der Waals surface area contributed by atoms with Crippen molar-refractivity contribution < 1.29 is 19.1 Å². The van der Waals surface area contributed by atoms with E-state index in [2.05, 4.69) is 31.4 Å². The molecule has 2 aliphatic carbocycles. The Hall–Kier alpha value is -1.23. The number of carbonyl (C=O) groups excluding carboxylic acids is 2. The molecule has 1 aromatic carbocycles. The molecule has 2 saturated carbocycles. The number of nitrogens with one attached hydrogen (secondary N) is 3. The molecule has 1 saturated heterocycles. The SMILES string of the molecule is NCCNC(=O)C1C2CC(C3OC(c4ccc(Br)cc4)OC23)C1C(=O)NCCNCl. The normalized spacial score (nSPS) is 34.0. The average molecular weight is 502 g/mol. The van der Waals surface area contributed by atoms with Gasteiger partial charge in [-0.1, -0.05) is 28.1 Å². The number of nitrogens with two attached hydrogens (primary N) is 1. The predicted octanol–water partition coefficient (Wildman–Crippen LogP) is 1.05. The van der Waals surface area contributed by atoms with Crippen molar-refractivity contribution in [2.75, 3.05) is 26.2 Å². The smallest absolute Gasteiger partial charge is 0.224 e. The van der Waals surface area contributed by atoms with E-state index in [1.165, 1.54) is 0 Å². The molecule has 3 fully saturated rings. The lowest BCUT2D eigenvalue weighted by atomic mass is 9.75. The van der Waals surface area contributed by atoms with Crippen molar-refractivity contribution >= 4 is 39.5 Å². The Kier molecular flexibility index (Phi) is 6.96. The summed E-state index contributed by atoms with van der Waals surface area (Å²) in [5, 5.41) is 5.75. The Morgan fingerprint density at radius 2 is 1.57 bits per heavy atom. The van der Waals surface area contributed by atoms with E-state index in [1.807, 2.05) is 24.3 Å². The third kappa shape index (κ3) is 4.11. The number of hydrogen-bond donors (Lipinski definition) is 4. The number of halogens is 2. The van der Waals surface area contributed by atoms with Crippen LogP contribution in [-0.4, -0.2) is 50.2 Å². The molecule has 1 heterocycles. The van der Waals surface area contributed by atoms with Gasteiger partial charge < -0.3 is 25.8 Å². The molecule has 0 spiro atoms. The minimum absolute atomic E-state index is 0.0693. The van der Waals surface area contributed by atoms with Crippen LogP contribution in [-0.2, 0) is 19.1 Å². The second-order valence-corrected chi connectivity index (χ2v) is 9.14. The lowest BCUT2D eigenvalue weighted by Gasteiger charge is -2.34. The summed E-state index contributed by atoms with van der Waals surface area (Å²) in [5.41, 5.74) is 6.47. The summed E-state index contributed by atoms with van der Waals surface area (Å²) in [6.07, 6.45) is -0.169. The van der Waals surface area contributed by atoms with Gasteiger partial charge in [-0.15, -0.1) is 0 Å². The Balaban J connectivity index is 1.53. The summed E-state index contributed by atoms with van der Waals surface area (Å²) in [4.78, 5) is 28.4. The van der Waals surface area contributed by atoms with Gasteiger partial charge in [0.2, 0.25) is 11.8 Å². The lowest BCUT2D eigenvalue weighted by Crippen LogP contribution is -2.52. The van der Waals surface area contributed by atoms with E-state index in [9.17, 15) is 9.59 Å². The maximum atomic E-state index is 13.0. The van der Waals surface area contributed by atoms with Crippen LogP contribution in [0, 0.1) is 23.7 Å². The van der Waals surface area contributed by atoms with Crippen LogP contribution >= 0.6 is 27.7 Å². The molecule has 2 amide bonds. The molecule has 0 aromatic heterocycles. The van der Waals surface area contributed by atoms with E-state index in [0.29, 0.717) is 26.2 Å². The highest BCUT2D eigenvalue weighted by Gasteiger charge is 2.66. The van der Waals surface area contributed by atoms with Crippen molar-refractivity contribution in [1.29, 1.82) is 0 Å². The quantitative estimate of drug-likeness (QED) is 0.313. The van der Waals surface area contributed by atoms with Gasteiger partial charge in [-0.3, -0.25) is 9.59 Å². The summed E-state index contributed by atoms with van der Waals surface area (Å²) in [6.45, 7) is 1.56. The molecule has 4 rings (SSSR count). The van der Waals surface area contributed by atoms with E-state index in [1.54, 1.807) is 0 Å². The number of amides is 2. The Labute approximate surface area is 188 Å². The van der Waals surface area contributed by atoms with Crippen molar-refractivity contribution in [1.82, 2.24) is 15.5 Å². The first-order chi connectivity index (χ1) is 14.5. The van der Waals surface area contributed by atoms with Gasteiger partial charge in [-0.25, -0.2) is 4.84 Å². The van der Waals surface area contributed by atoms with Crippen LogP contribution in [0.1, 0.15) is 18.3 Å². The van der Waals surface area contributed by atoms with Crippen LogP contribution in [0.15, 0.2) is 28.7 Å². The molecule has 164 valence electrons. The highest BCUT2D eigenvalue weighted by molar-refractivity contribution is 9.10. The molecule has 8 nitrogen and oxygen atoms in total. The number of ether oxygens (including phenoxy) is 2. The second kappa shape index (κ2) is 9.50. The van der Waals surface area contributed by atoms with Gasteiger partial charge in [0, 0.05) is 48.1 Å². The molecule has 1 aliphatic heterocycles. The molecule has 2 bridgehead atoms. The van der Waals surface area contributed by atoms with Crippen LogP contribution in [0.3, 0.4) is 0 Å². The van der Waals surface area contributed by atoms with Gasteiger partial charge in [-0.2, -0.15) is 0 Å². The molecule has 10 heteroatoms. The molecule has 1 aromatic rings. The van der Waals surface area contributed by atoms with Gasteiger partial charge >= 0.3 is 0 Å². The van der Waals surface area contributed by atoms with Gasteiger partial charge in [0.1, 0.15) is 0 Å². The number of hydrogen-bond acceptors (Lipinski definition) is 6. The summed E-state index contributed by atoms with van der Waals surface area (Å²) in [6, 6.07) is 7.78. The Morgan fingerprint density at radius 3 is 2.10 bits per heavy atom. The molecular weight excluding hydrogens is 476 g/mol. The van der Waals surface area contributed by atoms with Gasteiger partial charge in [0.05, 0.1) is 24.0 Å². The minimum atomic E-state index is -0.492. The number of benzene rings is 1. The zero-order valence-electron chi connectivity index (χ0n) is 16.4. The highest BCUT2D eigenvalue weighted by atomic mass is 79.9. The molecular formula is C20H26BrClN4O4. The highest BCUT2D eigenvalue weighted by Crippen LogP contribution is 2.58. The summed E-state index contributed by atoms with van der Waals surface area (Å²) >= 11 is 8.92. The molecule has 30 heavy (non-hydrogen) atoms. The van der Waals surface area contributed by atoms with E-state index < -0.39 is 18.1 Å². The maximum Gasteiger partial charge on any atom is 0.224 e. The van der Waals surface area contributed by atoms with Gasteiger partial charge in [0.15, 0.2) is 6.29 Å². The van der Waals surface area contributed by atoms with Gasteiger partial charge in [0.25, 0.3) is 0 Å². The number of fused-ring (bicyclic) bond motifs is 5. The van der Waals surface area contributed by atoms with E-state index in [0.717, 1.165) is 16.5 Å². The third-order valence-electron chi connectivity index (χ3n) is 6.29. The minimum Gasteiger partial charge on any atom is -0.355 e. The van der Waals surface area contributed by atoms with E-state index >= 15 is 0 Å². The monoisotopic (exact) mass is 500 g/mol. The Morgan fingerprint density at radius 1 is 1.00 bits per heavy atom. The molecule has 3 aliphatic rings. The van der Waals surface area contributed by atoms with Gasteiger partial charge in [-0.05, 0) is 30.3 Å². The van der Waals surface area contributed by atoms with Crippen LogP contribution in [0.2, 0.25) is 0 Å². The van der Waals surface area contributed by atoms with Crippen LogP contribution in [0.5, 0.6) is 0 Å². The maximum absolute atomic E-state index is 13.0. The van der Waals surface area contributed by atoms with Crippen LogP contribution in [0.4, 0.5) is 0 Å². The topological polar surface area (TPSA) is 115 Å². The lowest BCUT2D eigenvalue weighted by molar-refractivity contribution is -0.140. The largest absolute Gasteiger partial charge is 0.355 e. The number of rotatable bonds is 8. The first kappa shape index (κ1) is 22.0. The standard InChI is InChI=1S/C20H26BrClN4O4/c21-11-3-1-10(2-4-11)20-29-16-12-9-13(17(16)30-20)15(19(28)25-7-8-26-22)14(12)18(27)24-6-5-23/h1-4,12-17,20,26H,5-9,23H2,(H,24,27)(H,25,28). The fourth-order valence-electron chi connectivity index (χ4n) is 5.13. The summed E-state index contributed by atoms with van der Waals surface area (Å²) in [5.74, 6) is -1.34. The predicted molar refractivity (Wildman–Crippen MR) is 114 cm³/mol. The van der Waals surface area contributed by atoms with Crippen molar-refractivity contribution in [2.45, 2.75) is 24.9 Å². The molecule has 0 radical (unpaired) electrons. The first-order valence-corrected chi connectivity index (χ1v) is 11.4. The third-order valence-corrected chi connectivity index (χ3v) is 7.01.